The van der Waals surface area contributed by atoms with E-state index in [1.165, 1.54) is 0 Å². The molecule has 0 radical (unpaired) electrons. The third-order valence-corrected chi connectivity index (χ3v) is 4.38. The van der Waals surface area contributed by atoms with Gasteiger partial charge in [-0.25, -0.2) is 0 Å². The summed E-state index contributed by atoms with van der Waals surface area (Å²) in [7, 11) is 0. The first-order chi connectivity index (χ1) is 5.76. The number of aliphatic hydroxyl groups is 1. The van der Waals surface area contributed by atoms with Crippen LogP contribution >= 0.6 is 0 Å². The molecule has 0 amide bonds. The van der Waals surface area contributed by atoms with Gasteiger partial charge >= 0.3 is 0 Å². The Hall–Kier alpha value is -0.0400. The van der Waals surface area contributed by atoms with Gasteiger partial charge in [-0.15, -0.1) is 0 Å². The van der Waals surface area contributed by atoms with Crippen LogP contribution in [0.25, 0.3) is 0 Å². The van der Waals surface area contributed by atoms with Gasteiger partial charge in [0.1, 0.15) is 0 Å². The SMILES string of the molecule is CC1CC(C)C(C)(O)CCC1(C)C. The standard InChI is InChI=1S/C12H24O/c1-9-8-10(2)12(5,13)7-6-11(9,3)4/h9-10,13H,6-8H2,1-5H3. The van der Waals surface area contributed by atoms with Crippen LogP contribution < -0.4 is 0 Å². The van der Waals surface area contributed by atoms with Gasteiger partial charge in [0.05, 0.1) is 5.60 Å². The maximum Gasteiger partial charge on any atom is 0.0645 e. The lowest BCUT2D eigenvalue weighted by Gasteiger charge is -2.30. The molecule has 13 heavy (non-hydrogen) atoms. The Morgan fingerprint density at radius 2 is 1.54 bits per heavy atom. The fraction of sp³-hybridized carbons (Fsp3) is 1.00. The highest BCUT2D eigenvalue weighted by molar-refractivity contribution is 4.90. The van der Waals surface area contributed by atoms with Gasteiger partial charge in [-0.2, -0.15) is 0 Å². The van der Waals surface area contributed by atoms with E-state index in [2.05, 4.69) is 27.7 Å². The van der Waals surface area contributed by atoms with Gasteiger partial charge in [0, 0.05) is 0 Å². The zero-order valence-electron chi connectivity index (χ0n) is 9.72. The van der Waals surface area contributed by atoms with Crippen molar-refractivity contribution in [2.75, 3.05) is 0 Å². The van der Waals surface area contributed by atoms with E-state index < -0.39 is 5.60 Å². The summed E-state index contributed by atoms with van der Waals surface area (Å²) in [6.45, 7) is 11.1. The van der Waals surface area contributed by atoms with Crippen molar-refractivity contribution >= 4 is 0 Å². The van der Waals surface area contributed by atoms with Crippen LogP contribution in [0.1, 0.15) is 53.9 Å². The molecule has 78 valence electrons. The smallest absolute Gasteiger partial charge is 0.0645 e. The number of hydrogen-bond acceptors (Lipinski definition) is 1. The van der Waals surface area contributed by atoms with Crippen molar-refractivity contribution in [2.24, 2.45) is 17.3 Å². The van der Waals surface area contributed by atoms with Crippen molar-refractivity contribution in [3.8, 4) is 0 Å². The second kappa shape index (κ2) is 3.27. The van der Waals surface area contributed by atoms with Crippen LogP contribution in [-0.4, -0.2) is 10.7 Å². The summed E-state index contributed by atoms with van der Waals surface area (Å²) in [5.41, 5.74) is -0.0449. The largest absolute Gasteiger partial charge is 0.390 e. The Balaban J connectivity index is 2.79. The van der Waals surface area contributed by atoms with Crippen LogP contribution in [0.5, 0.6) is 0 Å². The molecule has 1 N–H and O–H groups in total. The summed E-state index contributed by atoms with van der Waals surface area (Å²) in [5, 5.41) is 10.2. The average molecular weight is 184 g/mol. The Morgan fingerprint density at radius 3 is 2.08 bits per heavy atom. The van der Waals surface area contributed by atoms with Crippen LogP contribution in [0.4, 0.5) is 0 Å². The van der Waals surface area contributed by atoms with Crippen molar-refractivity contribution in [2.45, 2.75) is 59.5 Å². The maximum atomic E-state index is 10.2. The number of rotatable bonds is 0. The molecule has 0 aromatic carbocycles. The lowest BCUT2D eigenvalue weighted by atomic mass is 9.76. The fourth-order valence-electron chi connectivity index (χ4n) is 2.17. The van der Waals surface area contributed by atoms with E-state index >= 15 is 0 Å². The molecule has 1 aliphatic rings. The van der Waals surface area contributed by atoms with Gasteiger partial charge in [0.15, 0.2) is 0 Å². The van der Waals surface area contributed by atoms with E-state index in [-0.39, 0.29) is 0 Å². The van der Waals surface area contributed by atoms with Crippen molar-refractivity contribution in [3.63, 3.8) is 0 Å². The third-order valence-electron chi connectivity index (χ3n) is 4.38. The molecule has 0 aliphatic heterocycles. The molecule has 1 nitrogen and oxygen atoms in total. The predicted octanol–water partition coefficient (Wildman–Crippen LogP) is 3.22. The Labute approximate surface area is 82.5 Å². The topological polar surface area (TPSA) is 20.2 Å². The van der Waals surface area contributed by atoms with Crippen LogP contribution in [-0.2, 0) is 0 Å². The van der Waals surface area contributed by atoms with E-state index in [9.17, 15) is 5.11 Å². The second-order valence-corrected chi connectivity index (χ2v) is 5.88. The van der Waals surface area contributed by atoms with E-state index in [0.29, 0.717) is 11.3 Å². The molecule has 1 fully saturated rings. The Kier molecular flexibility index (Phi) is 2.78. The molecule has 0 aromatic heterocycles. The van der Waals surface area contributed by atoms with Gasteiger partial charge < -0.3 is 5.11 Å². The highest BCUT2D eigenvalue weighted by Crippen LogP contribution is 2.44. The van der Waals surface area contributed by atoms with Crippen LogP contribution in [0.2, 0.25) is 0 Å². The zero-order valence-corrected chi connectivity index (χ0v) is 9.72. The summed E-state index contributed by atoms with van der Waals surface area (Å²) >= 11 is 0. The molecule has 3 atom stereocenters. The van der Waals surface area contributed by atoms with Crippen molar-refractivity contribution in [1.82, 2.24) is 0 Å². The molecule has 1 heteroatoms. The van der Waals surface area contributed by atoms with E-state index in [1.807, 2.05) is 6.92 Å². The number of hydrogen-bond donors (Lipinski definition) is 1. The van der Waals surface area contributed by atoms with Gasteiger partial charge in [-0.1, -0.05) is 27.7 Å². The van der Waals surface area contributed by atoms with E-state index in [4.69, 9.17) is 0 Å². The Morgan fingerprint density at radius 1 is 1.00 bits per heavy atom. The first-order valence-corrected chi connectivity index (χ1v) is 5.48. The maximum absolute atomic E-state index is 10.2. The normalized spacial score (nSPS) is 45.7. The Bertz CT molecular complexity index is 162. The lowest BCUT2D eigenvalue weighted by Crippen LogP contribution is -2.31. The van der Waals surface area contributed by atoms with E-state index in [0.717, 1.165) is 25.2 Å². The molecule has 0 spiro atoms. The molecular formula is C12H24O. The summed E-state index contributed by atoms with van der Waals surface area (Å²) in [5.74, 6) is 1.15. The summed E-state index contributed by atoms with van der Waals surface area (Å²) in [6, 6.07) is 0. The highest BCUT2D eigenvalue weighted by atomic mass is 16.3. The van der Waals surface area contributed by atoms with E-state index in [1.54, 1.807) is 0 Å². The summed E-state index contributed by atoms with van der Waals surface area (Å²) in [6.07, 6.45) is 3.25. The zero-order chi connectivity index (χ0) is 10.3. The van der Waals surface area contributed by atoms with Crippen molar-refractivity contribution < 1.29 is 5.11 Å². The van der Waals surface area contributed by atoms with Crippen LogP contribution in [0, 0.1) is 17.3 Å². The minimum absolute atomic E-state index is 0.398. The van der Waals surface area contributed by atoms with Gasteiger partial charge in [0.25, 0.3) is 0 Å². The van der Waals surface area contributed by atoms with Crippen LogP contribution in [0.3, 0.4) is 0 Å². The predicted molar refractivity (Wildman–Crippen MR) is 56.6 cm³/mol. The average Bonchev–Trinajstić information content (AvgIpc) is 2.05. The fourth-order valence-corrected chi connectivity index (χ4v) is 2.17. The molecule has 0 heterocycles. The van der Waals surface area contributed by atoms with Crippen LogP contribution in [0.15, 0.2) is 0 Å². The van der Waals surface area contributed by atoms with Crippen molar-refractivity contribution in [3.05, 3.63) is 0 Å². The molecule has 0 aromatic rings. The molecule has 0 bridgehead atoms. The monoisotopic (exact) mass is 184 g/mol. The van der Waals surface area contributed by atoms with Gasteiger partial charge in [-0.3, -0.25) is 0 Å². The minimum Gasteiger partial charge on any atom is -0.390 e. The lowest BCUT2D eigenvalue weighted by molar-refractivity contribution is -0.00186. The first kappa shape index (κ1) is 11.0. The highest BCUT2D eigenvalue weighted by Gasteiger charge is 2.39. The molecule has 1 aliphatic carbocycles. The van der Waals surface area contributed by atoms with Gasteiger partial charge in [0.2, 0.25) is 0 Å². The second-order valence-electron chi connectivity index (χ2n) is 5.88. The van der Waals surface area contributed by atoms with Crippen molar-refractivity contribution in [1.29, 1.82) is 0 Å². The summed E-state index contributed by atoms with van der Waals surface area (Å²) in [4.78, 5) is 0. The molecule has 1 saturated carbocycles. The molecule has 0 saturated heterocycles. The summed E-state index contributed by atoms with van der Waals surface area (Å²) < 4.78 is 0. The molecule has 3 unspecified atom stereocenters. The molecular weight excluding hydrogens is 160 g/mol. The first-order valence-electron chi connectivity index (χ1n) is 5.48. The minimum atomic E-state index is -0.442. The van der Waals surface area contributed by atoms with Gasteiger partial charge in [-0.05, 0) is 43.4 Å². The molecule has 1 rings (SSSR count). The quantitative estimate of drug-likeness (QED) is 0.573. The third kappa shape index (κ3) is 2.25.